The monoisotopic (exact) mass is 245 g/mol. The Balaban J connectivity index is 2.15. The molecule has 0 saturated carbocycles. The largest absolute Gasteiger partial charge is 0.479 e. The molecule has 1 aliphatic rings. The number of hydrogen-bond acceptors (Lipinski definition) is 3. The second-order valence-corrected chi connectivity index (χ2v) is 4.14. The minimum atomic E-state index is -0.939. The summed E-state index contributed by atoms with van der Waals surface area (Å²) < 4.78 is 0. The average Bonchev–Trinajstić information content (AvgIpc) is 2.37. The fourth-order valence-electron chi connectivity index (χ4n) is 1.89. The highest BCUT2D eigenvalue weighted by molar-refractivity contribution is 5.75. The van der Waals surface area contributed by atoms with Crippen molar-refractivity contribution in [3.8, 4) is 0 Å². The number of rotatable bonds is 4. The number of aliphatic hydroxyl groups excluding tert-OH is 1. The number of carboxylic acids is 1. The first-order chi connectivity index (χ1) is 8.66. The predicted molar refractivity (Wildman–Crippen MR) is 67.8 cm³/mol. The molecule has 2 atom stereocenters. The van der Waals surface area contributed by atoms with Crippen molar-refractivity contribution in [2.45, 2.75) is 18.6 Å². The Hall–Kier alpha value is -2.07. The summed E-state index contributed by atoms with van der Waals surface area (Å²) >= 11 is 0. The summed E-state index contributed by atoms with van der Waals surface area (Å²) in [4.78, 5) is 11.3. The van der Waals surface area contributed by atoms with E-state index in [2.05, 4.69) is 5.32 Å². The van der Waals surface area contributed by atoms with Crippen LogP contribution in [0.3, 0.4) is 0 Å². The number of carboxylic acid groups (broad SMARTS) is 1. The van der Waals surface area contributed by atoms with Crippen LogP contribution in [-0.4, -0.2) is 22.3 Å². The lowest BCUT2D eigenvalue weighted by Crippen LogP contribution is -2.29. The van der Waals surface area contributed by atoms with Crippen molar-refractivity contribution in [2.24, 2.45) is 0 Å². The van der Waals surface area contributed by atoms with Crippen molar-refractivity contribution >= 4 is 5.97 Å². The molecule has 0 heterocycles. The average molecular weight is 245 g/mol. The normalized spacial score (nSPS) is 20.1. The van der Waals surface area contributed by atoms with Crippen LogP contribution in [0.25, 0.3) is 0 Å². The molecular weight excluding hydrogens is 230 g/mol. The second-order valence-electron chi connectivity index (χ2n) is 4.14. The van der Waals surface area contributed by atoms with Crippen LogP contribution in [0.1, 0.15) is 18.0 Å². The zero-order valence-electron chi connectivity index (χ0n) is 9.78. The van der Waals surface area contributed by atoms with E-state index in [4.69, 9.17) is 0 Å². The van der Waals surface area contributed by atoms with Gasteiger partial charge in [0.25, 0.3) is 0 Å². The highest BCUT2D eigenvalue weighted by atomic mass is 16.4. The molecule has 0 fully saturated rings. The number of nitrogens with one attached hydrogen (secondary N) is 1. The molecule has 4 heteroatoms. The van der Waals surface area contributed by atoms with E-state index < -0.39 is 18.1 Å². The van der Waals surface area contributed by atoms with Crippen LogP contribution < -0.4 is 5.32 Å². The topological polar surface area (TPSA) is 69.6 Å². The summed E-state index contributed by atoms with van der Waals surface area (Å²) in [7, 11) is 0. The van der Waals surface area contributed by atoms with Crippen molar-refractivity contribution in [1.82, 2.24) is 5.32 Å². The Bertz CT molecular complexity index is 479. The van der Waals surface area contributed by atoms with Crippen LogP contribution in [0.4, 0.5) is 0 Å². The summed E-state index contributed by atoms with van der Waals surface area (Å²) in [6.45, 7) is 0. The molecule has 1 aromatic carbocycles. The van der Waals surface area contributed by atoms with Crippen LogP contribution >= 0.6 is 0 Å². The zero-order chi connectivity index (χ0) is 13.0. The summed E-state index contributed by atoms with van der Waals surface area (Å²) in [6, 6.07) is 8.18. The first-order valence-corrected chi connectivity index (χ1v) is 5.76. The molecule has 0 aromatic heterocycles. The lowest BCUT2D eigenvalue weighted by Gasteiger charge is -2.20. The van der Waals surface area contributed by atoms with Crippen molar-refractivity contribution in [3.63, 3.8) is 0 Å². The number of aliphatic hydroxyl groups is 1. The van der Waals surface area contributed by atoms with Crippen LogP contribution in [-0.2, 0) is 4.79 Å². The molecule has 1 aliphatic carbocycles. The SMILES string of the molecule is O=C(O)C(NC1=CC(O)C=CC1)c1ccccc1. The molecule has 0 amide bonds. The van der Waals surface area contributed by atoms with Crippen molar-refractivity contribution in [2.75, 3.05) is 0 Å². The highest BCUT2D eigenvalue weighted by Crippen LogP contribution is 2.17. The van der Waals surface area contributed by atoms with Crippen LogP contribution in [0.15, 0.2) is 54.3 Å². The van der Waals surface area contributed by atoms with Gasteiger partial charge in [-0.3, -0.25) is 0 Å². The fraction of sp³-hybridized carbons (Fsp3) is 0.214. The summed E-state index contributed by atoms with van der Waals surface area (Å²) in [6.07, 6.45) is 5.07. The van der Waals surface area contributed by atoms with E-state index in [1.54, 1.807) is 36.4 Å². The Labute approximate surface area is 105 Å². The standard InChI is InChI=1S/C14H15NO3/c16-12-8-4-7-11(9-12)15-13(14(17)18)10-5-2-1-3-6-10/h1-6,8-9,12-13,15-16H,7H2,(H,17,18). The molecule has 94 valence electrons. The molecule has 3 N–H and O–H groups in total. The van der Waals surface area contributed by atoms with E-state index in [-0.39, 0.29) is 0 Å². The molecule has 18 heavy (non-hydrogen) atoms. The lowest BCUT2D eigenvalue weighted by atomic mass is 10.0. The maximum atomic E-state index is 11.3. The predicted octanol–water partition coefficient (Wildman–Crippen LogP) is 1.61. The van der Waals surface area contributed by atoms with E-state index >= 15 is 0 Å². The molecule has 0 spiro atoms. The first-order valence-electron chi connectivity index (χ1n) is 5.76. The molecule has 2 unspecified atom stereocenters. The Kier molecular flexibility index (Phi) is 3.79. The number of allylic oxidation sites excluding steroid dienone is 1. The Morgan fingerprint density at radius 1 is 1.33 bits per heavy atom. The minimum absolute atomic E-state index is 0.605. The Morgan fingerprint density at radius 2 is 2.06 bits per heavy atom. The molecule has 2 rings (SSSR count). The number of aliphatic carboxylic acids is 1. The van der Waals surface area contributed by atoms with Crippen LogP contribution in [0, 0.1) is 0 Å². The van der Waals surface area contributed by atoms with E-state index in [0.717, 1.165) is 5.70 Å². The second kappa shape index (κ2) is 5.51. The van der Waals surface area contributed by atoms with Crippen molar-refractivity contribution in [1.29, 1.82) is 0 Å². The highest BCUT2D eigenvalue weighted by Gasteiger charge is 2.20. The maximum Gasteiger partial charge on any atom is 0.330 e. The van der Waals surface area contributed by atoms with Gasteiger partial charge >= 0.3 is 5.97 Å². The molecule has 0 radical (unpaired) electrons. The van der Waals surface area contributed by atoms with Crippen molar-refractivity contribution < 1.29 is 15.0 Å². The molecule has 1 aromatic rings. The van der Waals surface area contributed by atoms with E-state index in [0.29, 0.717) is 12.0 Å². The molecule has 0 bridgehead atoms. The summed E-state index contributed by atoms with van der Waals surface area (Å²) in [5, 5.41) is 21.7. The van der Waals surface area contributed by atoms with Gasteiger partial charge in [0.2, 0.25) is 0 Å². The maximum absolute atomic E-state index is 11.3. The molecule has 0 aliphatic heterocycles. The van der Waals surface area contributed by atoms with Gasteiger partial charge in [-0.1, -0.05) is 42.5 Å². The quantitative estimate of drug-likeness (QED) is 0.705. The smallest absolute Gasteiger partial charge is 0.330 e. The minimum Gasteiger partial charge on any atom is -0.479 e. The molecule has 4 nitrogen and oxygen atoms in total. The molecule has 0 saturated heterocycles. The van der Waals surface area contributed by atoms with Crippen LogP contribution in [0.2, 0.25) is 0 Å². The van der Waals surface area contributed by atoms with Gasteiger partial charge in [0, 0.05) is 12.1 Å². The third kappa shape index (κ3) is 2.99. The summed E-state index contributed by atoms with van der Waals surface area (Å²) in [5.41, 5.74) is 1.41. The number of benzene rings is 1. The third-order valence-electron chi connectivity index (χ3n) is 2.75. The van der Waals surface area contributed by atoms with Gasteiger partial charge in [0.1, 0.15) is 6.04 Å². The lowest BCUT2D eigenvalue weighted by molar-refractivity contribution is -0.139. The zero-order valence-corrected chi connectivity index (χ0v) is 9.78. The van der Waals surface area contributed by atoms with Crippen LogP contribution in [0.5, 0.6) is 0 Å². The third-order valence-corrected chi connectivity index (χ3v) is 2.75. The van der Waals surface area contributed by atoms with Gasteiger partial charge in [-0.25, -0.2) is 4.79 Å². The van der Waals surface area contributed by atoms with Gasteiger partial charge in [-0.2, -0.15) is 0 Å². The Morgan fingerprint density at radius 3 is 2.67 bits per heavy atom. The van der Waals surface area contributed by atoms with E-state index in [9.17, 15) is 15.0 Å². The van der Waals surface area contributed by atoms with Gasteiger partial charge in [0.15, 0.2) is 0 Å². The van der Waals surface area contributed by atoms with E-state index in [1.165, 1.54) is 0 Å². The van der Waals surface area contributed by atoms with E-state index in [1.807, 2.05) is 12.1 Å². The fourth-order valence-corrected chi connectivity index (χ4v) is 1.89. The van der Waals surface area contributed by atoms with Gasteiger partial charge in [0.05, 0.1) is 6.10 Å². The van der Waals surface area contributed by atoms with Gasteiger partial charge in [-0.15, -0.1) is 0 Å². The molecular formula is C14H15NO3. The van der Waals surface area contributed by atoms with Gasteiger partial charge in [-0.05, 0) is 11.6 Å². The number of carbonyl (C=O) groups is 1. The van der Waals surface area contributed by atoms with Crippen molar-refractivity contribution in [3.05, 3.63) is 59.8 Å². The number of hydrogen-bond donors (Lipinski definition) is 3. The first kappa shape index (κ1) is 12.4. The summed E-state index contributed by atoms with van der Waals surface area (Å²) in [5.74, 6) is -0.939. The van der Waals surface area contributed by atoms with Gasteiger partial charge < -0.3 is 15.5 Å².